The van der Waals surface area contributed by atoms with Crippen LogP contribution in [0.15, 0.2) is 12.1 Å². The summed E-state index contributed by atoms with van der Waals surface area (Å²) in [5, 5.41) is 0. The Hall–Kier alpha value is -1.38. The molecule has 3 aliphatic heterocycles. The molecule has 0 saturated carbocycles. The summed E-state index contributed by atoms with van der Waals surface area (Å²) in [7, 11) is 0. The van der Waals surface area contributed by atoms with Crippen molar-refractivity contribution < 1.29 is 33.2 Å². The van der Waals surface area contributed by atoms with E-state index in [1.54, 1.807) is 0 Å². The Morgan fingerprint density at radius 3 is 1.85 bits per heavy atom. The quantitative estimate of drug-likeness (QED) is 0.731. The van der Waals surface area contributed by atoms with Crippen molar-refractivity contribution in [3.63, 3.8) is 0 Å². The Balaban J connectivity index is 1.51. The summed E-state index contributed by atoms with van der Waals surface area (Å²) >= 11 is 0. The van der Waals surface area contributed by atoms with Gasteiger partial charge in [-0.1, -0.05) is 6.07 Å². The van der Waals surface area contributed by atoms with Gasteiger partial charge in [-0.3, -0.25) is 0 Å². The summed E-state index contributed by atoms with van der Waals surface area (Å²) in [6, 6.07) is 4.12. The van der Waals surface area contributed by atoms with Gasteiger partial charge in [0, 0.05) is 18.4 Å². The zero-order chi connectivity index (χ0) is 18.3. The van der Waals surface area contributed by atoms with Crippen LogP contribution in [0.4, 0.5) is 0 Å². The predicted molar refractivity (Wildman–Crippen MR) is 96.8 cm³/mol. The van der Waals surface area contributed by atoms with E-state index in [2.05, 4.69) is 6.07 Å². The average molecular weight is 380 g/mol. The summed E-state index contributed by atoms with van der Waals surface area (Å²) in [6.07, 6.45) is 2.32. The molecule has 7 nitrogen and oxygen atoms in total. The van der Waals surface area contributed by atoms with Gasteiger partial charge in [0.1, 0.15) is 13.2 Å². The molecule has 2 atom stereocenters. The Morgan fingerprint density at radius 1 is 0.667 bits per heavy atom. The van der Waals surface area contributed by atoms with Crippen molar-refractivity contribution in [3.05, 3.63) is 23.3 Å². The number of hydrogen-bond acceptors (Lipinski definition) is 7. The first-order valence-electron chi connectivity index (χ1n) is 9.77. The minimum atomic E-state index is 0.271. The molecule has 1 aromatic carbocycles. The molecule has 0 radical (unpaired) electrons. The molecule has 1 aromatic rings. The van der Waals surface area contributed by atoms with Gasteiger partial charge in [0.2, 0.25) is 0 Å². The topological polar surface area (TPSA) is 71.2 Å². The molecule has 0 N–H and O–H groups in total. The number of benzene rings is 1. The molecular formula is C20H28O7. The van der Waals surface area contributed by atoms with E-state index in [1.807, 2.05) is 6.07 Å². The van der Waals surface area contributed by atoms with Crippen molar-refractivity contribution in [1.29, 1.82) is 0 Å². The summed E-state index contributed by atoms with van der Waals surface area (Å²) in [5.74, 6) is 1.55. The molecule has 0 spiro atoms. The fourth-order valence-corrected chi connectivity index (χ4v) is 3.13. The molecule has 0 amide bonds. The number of rotatable bonds is 4. The lowest BCUT2D eigenvalue weighted by Gasteiger charge is -2.19. The normalized spacial score (nSPS) is 26.7. The Morgan fingerprint density at radius 2 is 1.22 bits per heavy atom. The SMILES string of the molecule is c1cc2c(c(C[C@H]3CO3)c1C[C@@H]1CO1)OCCOCCOCCOCCO2. The maximum absolute atomic E-state index is 6.14. The molecular weight excluding hydrogens is 352 g/mol. The van der Waals surface area contributed by atoms with Gasteiger partial charge in [-0.2, -0.15) is 0 Å². The Labute approximate surface area is 159 Å². The van der Waals surface area contributed by atoms with Gasteiger partial charge in [-0.15, -0.1) is 0 Å². The van der Waals surface area contributed by atoms with Crippen molar-refractivity contribution in [2.45, 2.75) is 25.0 Å². The molecule has 150 valence electrons. The van der Waals surface area contributed by atoms with Crippen LogP contribution in [0.5, 0.6) is 11.5 Å². The van der Waals surface area contributed by atoms with Crippen LogP contribution in [0, 0.1) is 0 Å². The van der Waals surface area contributed by atoms with Gasteiger partial charge in [0.15, 0.2) is 11.5 Å². The molecule has 0 aliphatic carbocycles. The van der Waals surface area contributed by atoms with Crippen molar-refractivity contribution in [2.24, 2.45) is 0 Å². The van der Waals surface area contributed by atoms with E-state index in [-0.39, 0.29) is 6.10 Å². The molecule has 3 aliphatic rings. The number of fused-ring (bicyclic) bond motifs is 1. The van der Waals surface area contributed by atoms with E-state index in [0.717, 1.165) is 37.6 Å². The van der Waals surface area contributed by atoms with Crippen LogP contribution in [0.2, 0.25) is 0 Å². The van der Waals surface area contributed by atoms with Crippen LogP contribution in [0.1, 0.15) is 11.1 Å². The predicted octanol–water partition coefficient (Wildman–Crippen LogP) is 1.39. The summed E-state index contributed by atoms with van der Waals surface area (Å²) in [4.78, 5) is 0. The van der Waals surface area contributed by atoms with Gasteiger partial charge in [-0.05, 0) is 11.6 Å². The van der Waals surface area contributed by atoms with E-state index >= 15 is 0 Å². The minimum Gasteiger partial charge on any atom is -0.487 e. The van der Waals surface area contributed by atoms with E-state index in [4.69, 9.17) is 33.2 Å². The second-order valence-electron chi connectivity index (χ2n) is 6.88. The number of epoxide rings is 2. The molecule has 2 saturated heterocycles. The Bertz CT molecular complexity index is 598. The minimum absolute atomic E-state index is 0.271. The van der Waals surface area contributed by atoms with Gasteiger partial charge in [-0.25, -0.2) is 0 Å². The van der Waals surface area contributed by atoms with Crippen LogP contribution in [0.3, 0.4) is 0 Å². The lowest BCUT2D eigenvalue weighted by Crippen LogP contribution is -2.14. The van der Waals surface area contributed by atoms with Crippen LogP contribution in [-0.4, -0.2) is 78.3 Å². The first kappa shape index (κ1) is 19.0. The molecule has 3 heterocycles. The van der Waals surface area contributed by atoms with Crippen LogP contribution < -0.4 is 9.47 Å². The average Bonchev–Trinajstić information content (AvgIpc) is 3.57. The fourth-order valence-electron chi connectivity index (χ4n) is 3.13. The monoisotopic (exact) mass is 380 g/mol. The van der Waals surface area contributed by atoms with Crippen LogP contribution in [0.25, 0.3) is 0 Å². The third kappa shape index (κ3) is 6.05. The lowest BCUT2D eigenvalue weighted by molar-refractivity contribution is 0.00706. The summed E-state index contributed by atoms with van der Waals surface area (Å²) < 4.78 is 39.6. The number of hydrogen-bond donors (Lipinski definition) is 0. The smallest absolute Gasteiger partial charge is 0.164 e. The summed E-state index contributed by atoms with van der Waals surface area (Å²) in [5.41, 5.74) is 2.41. The molecule has 0 unspecified atom stereocenters. The largest absolute Gasteiger partial charge is 0.487 e. The second kappa shape index (κ2) is 9.71. The van der Waals surface area contributed by atoms with Gasteiger partial charge in [0.25, 0.3) is 0 Å². The molecule has 0 aromatic heterocycles. The Kier molecular flexibility index (Phi) is 6.81. The van der Waals surface area contributed by atoms with Gasteiger partial charge < -0.3 is 33.2 Å². The fraction of sp³-hybridized carbons (Fsp3) is 0.700. The number of ether oxygens (including phenoxy) is 7. The van der Waals surface area contributed by atoms with E-state index < -0.39 is 0 Å². The third-order valence-corrected chi connectivity index (χ3v) is 4.71. The highest BCUT2D eigenvalue weighted by molar-refractivity contribution is 5.52. The van der Waals surface area contributed by atoms with Crippen molar-refractivity contribution in [2.75, 3.05) is 66.1 Å². The summed E-state index contributed by atoms with van der Waals surface area (Å²) in [6.45, 7) is 5.83. The highest BCUT2D eigenvalue weighted by Crippen LogP contribution is 2.38. The van der Waals surface area contributed by atoms with E-state index in [9.17, 15) is 0 Å². The van der Waals surface area contributed by atoms with Crippen molar-refractivity contribution in [3.8, 4) is 11.5 Å². The second-order valence-corrected chi connectivity index (χ2v) is 6.88. The lowest BCUT2D eigenvalue weighted by atomic mass is 9.97. The maximum Gasteiger partial charge on any atom is 0.164 e. The van der Waals surface area contributed by atoms with E-state index in [1.165, 1.54) is 11.1 Å². The van der Waals surface area contributed by atoms with Crippen LogP contribution >= 0.6 is 0 Å². The zero-order valence-corrected chi connectivity index (χ0v) is 15.7. The first-order valence-corrected chi connectivity index (χ1v) is 9.77. The molecule has 7 heteroatoms. The van der Waals surface area contributed by atoms with Crippen molar-refractivity contribution in [1.82, 2.24) is 0 Å². The zero-order valence-electron chi connectivity index (χ0n) is 15.7. The van der Waals surface area contributed by atoms with Gasteiger partial charge >= 0.3 is 0 Å². The maximum atomic E-state index is 6.14. The first-order chi connectivity index (χ1) is 13.4. The highest BCUT2D eigenvalue weighted by atomic mass is 16.6. The molecule has 4 rings (SSSR count). The standard InChI is InChI=1S/C20H28O7/c1-2-19-20(18(12-17-14-27-17)15(1)11-16-13-26-16)25-10-8-23-6-4-21-3-5-22-7-9-24-19/h1-2,16-17H,3-14H2/t16-,17+/m1/s1. The third-order valence-electron chi connectivity index (χ3n) is 4.71. The van der Waals surface area contributed by atoms with Crippen LogP contribution in [-0.2, 0) is 36.5 Å². The molecule has 0 bridgehead atoms. The highest BCUT2D eigenvalue weighted by Gasteiger charge is 2.30. The molecule has 27 heavy (non-hydrogen) atoms. The van der Waals surface area contributed by atoms with Gasteiger partial charge in [0.05, 0.1) is 65.1 Å². The van der Waals surface area contributed by atoms with Crippen molar-refractivity contribution >= 4 is 0 Å². The van der Waals surface area contributed by atoms with E-state index in [0.29, 0.717) is 59.0 Å². The molecule has 2 fully saturated rings.